The molecule has 1 aliphatic rings. The minimum absolute atomic E-state index is 0.581. The van der Waals surface area contributed by atoms with Crippen molar-refractivity contribution in [2.24, 2.45) is 0 Å². The van der Waals surface area contributed by atoms with E-state index in [1.54, 1.807) is 7.11 Å². The molecule has 0 radical (unpaired) electrons. The molecule has 3 nitrogen and oxygen atoms in total. The van der Waals surface area contributed by atoms with E-state index in [-0.39, 0.29) is 0 Å². The van der Waals surface area contributed by atoms with Crippen LogP contribution in [0.15, 0.2) is 6.20 Å². The predicted octanol–water partition coefficient (Wildman–Crippen LogP) is 2.12. The second-order valence-electron chi connectivity index (χ2n) is 4.75. The van der Waals surface area contributed by atoms with Crippen LogP contribution >= 0.6 is 11.8 Å². The highest BCUT2D eigenvalue weighted by Gasteiger charge is 2.33. The Hall–Kier alpha value is -0.740. The van der Waals surface area contributed by atoms with Crippen LogP contribution < -0.4 is 4.74 Å². The minimum Gasteiger partial charge on any atom is -0.496 e. The van der Waals surface area contributed by atoms with Gasteiger partial charge in [-0.25, -0.2) is 0 Å². The molecule has 2 rings (SSSR count). The molecule has 0 spiro atoms. The number of hydrogen-bond acceptors (Lipinski definition) is 4. The van der Waals surface area contributed by atoms with Gasteiger partial charge in [-0.2, -0.15) is 11.8 Å². The van der Waals surface area contributed by atoms with Crippen molar-refractivity contribution in [1.82, 2.24) is 4.98 Å². The summed E-state index contributed by atoms with van der Waals surface area (Å²) in [4.78, 5) is 4.45. The second kappa shape index (κ2) is 4.86. The van der Waals surface area contributed by atoms with Gasteiger partial charge in [-0.05, 0) is 26.0 Å². The summed E-state index contributed by atoms with van der Waals surface area (Å²) in [6.45, 7) is 4.00. The maximum atomic E-state index is 10.4. The van der Waals surface area contributed by atoms with Crippen LogP contribution in [0.1, 0.15) is 23.2 Å². The smallest absolute Gasteiger partial charge is 0.128 e. The standard InChI is InChI=1S/C13H19NO2S/c1-9-7-14-11(10(2)12(9)16-3)6-13(15)4-5-17-8-13/h7,15H,4-6,8H2,1-3H3. The van der Waals surface area contributed by atoms with Crippen LogP contribution in [-0.4, -0.2) is 34.3 Å². The molecule has 1 atom stereocenters. The Morgan fingerprint density at radius 2 is 2.29 bits per heavy atom. The van der Waals surface area contributed by atoms with E-state index in [0.717, 1.165) is 40.5 Å². The number of aliphatic hydroxyl groups is 1. The average molecular weight is 253 g/mol. The largest absolute Gasteiger partial charge is 0.496 e. The summed E-state index contributed by atoms with van der Waals surface area (Å²) >= 11 is 1.81. The molecule has 4 heteroatoms. The van der Waals surface area contributed by atoms with E-state index in [9.17, 15) is 5.11 Å². The van der Waals surface area contributed by atoms with Gasteiger partial charge < -0.3 is 9.84 Å². The molecule has 2 heterocycles. The molecule has 1 saturated heterocycles. The van der Waals surface area contributed by atoms with Crippen molar-refractivity contribution in [3.8, 4) is 5.75 Å². The Kier molecular flexibility index (Phi) is 3.64. The Labute approximate surface area is 107 Å². The van der Waals surface area contributed by atoms with Crippen molar-refractivity contribution in [1.29, 1.82) is 0 Å². The zero-order valence-corrected chi connectivity index (χ0v) is 11.4. The summed E-state index contributed by atoms with van der Waals surface area (Å²) in [5, 5.41) is 10.4. The molecule has 1 fully saturated rings. The highest BCUT2D eigenvalue weighted by molar-refractivity contribution is 7.99. The number of ether oxygens (including phenoxy) is 1. The number of nitrogens with zero attached hydrogens (tertiary/aromatic N) is 1. The van der Waals surface area contributed by atoms with Crippen molar-refractivity contribution in [2.45, 2.75) is 32.3 Å². The lowest BCUT2D eigenvalue weighted by Crippen LogP contribution is -2.31. The summed E-state index contributed by atoms with van der Waals surface area (Å²) in [6.07, 6.45) is 3.31. The minimum atomic E-state index is -0.581. The molecular formula is C13H19NO2S. The molecule has 1 aromatic rings. The number of methoxy groups -OCH3 is 1. The third-order valence-corrected chi connectivity index (χ3v) is 4.56. The number of rotatable bonds is 3. The molecule has 0 aromatic carbocycles. The molecule has 0 amide bonds. The molecule has 1 aliphatic heterocycles. The van der Waals surface area contributed by atoms with Crippen LogP contribution in [0.3, 0.4) is 0 Å². The van der Waals surface area contributed by atoms with Gasteiger partial charge in [0.25, 0.3) is 0 Å². The van der Waals surface area contributed by atoms with Crippen molar-refractivity contribution in [3.05, 3.63) is 23.0 Å². The Balaban J connectivity index is 2.27. The first-order chi connectivity index (χ1) is 8.06. The van der Waals surface area contributed by atoms with Gasteiger partial charge in [-0.3, -0.25) is 4.98 Å². The van der Waals surface area contributed by atoms with Crippen LogP contribution in [-0.2, 0) is 6.42 Å². The molecular weight excluding hydrogens is 234 g/mol. The van der Waals surface area contributed by atoms with Gasteiger partial charge in [0.2, 0.25) is 0 Å². The highest BCUT2D eigenvalue weighted by Crippen LogP contribution is 2.33. The van der Waals surface area contributed by atoms with E-state index in [2.05, 4.69) is 4.98 Å². The molecule has 17 heavy (non-hydrogen) atoms. The summed E-state index contributed by atoms with van der Waals surface area (Å²) in [5.74, 6) is 2.74. The van der Waals surface area contributed by atoms with Crippen LogP contribution in [0.4, 0.5) is 0 Å². The van der Waals surface area contributed by atoms with E-state index in [1.165, 1.54) is 0 Å². The van der Waals surface area contributed by atoms with Gasteiger partial charge in [-0.1, -0.05) is 0 Å². The van der Waals surface area contributed by atoms with Gasteiger partial charge in [0.05, 0.1) is 12.7 Å². The fourth-order valence-electron chi connectivity index (χ4n) is 2.30. The summed E-state index contributed by atoms with van der Waals surface area (Å²) < 4.78 is 5.39. The fraction of sp³-hybridized carbons (Fsp3) is 0.615. The van der Waals surface area contributed by atoms with Crippen LogP contribution in [0.5, 0.6) is 5.75 Å². The quantitative estimate of drug-likeness (QED) is 0.896. The maximum absolute atomic E-state index is 10.4. The molecule has 1 N–H and O–H groups in total. The molecule has 0 saturated carbocycles. The zero-order valence-electron chi connectivity index (χ0n) is 10.6. The SMILES string of the molecule is COc1c(C)cnc(CC2(O)CCSC2)c1C. The van der Waals surface area contributed by atoms with Crippen molar-refractivity contribution in [2.75, 3.05) is 18.6 Å². The first-order valence-corrected chi connectivity index (χ1v) is 7.00. The lowest BCUT2D eigenvalue weighted by atomic mass is 9.94. The third kappa shape index (κ3) is 2.58. The molecule has 0 aliphatic carbocycles. The average Bonchev–Trinajstić information content (AvgIpc) is 2.71. The number of pyridine rings is 1. The molecule has 0 bridgehead atoms. The number of aryl methyl sites for hydroxylation is 1. The summed E-state index contributed by atoms with van der Waals surface area (Å²) in [7, 11) is 1.68. The van der Waals surface area contributed by atoms with E-state index in [0.29, 0.717) is 6.42 Å². The highest BCUT2D eigenvalue weighted by atomic mass is 32.2. The lowest BCUT2D eigenvalue weighted by Gasteiger charge is -2.22. The number of thioether (sulfide) groups is 1. The summed E-state index contributed by atoms with van der Waals surface area (Å²) in [5.41, 5.74) is 2.47. The zero-order chi connectivity index (χ0) is 12.5. The Morgan fingerprint density at radius 3 is 2.88 bits per heavy atom. The van der Waals surface area contributed by atoms with Crippen molar-refractivity contribution >= 4 is 11.8 Å². The van der Waals surface area contributed by atoms with Crippen LogP contribution in [0.2, 0.25) is 0 Å². The Morgan fingerprint density at radius 1 is 1.53 bits per heavy atom. The fourth-order valence-corrected chi connectivity index (χ4v) is 3.59. The first kappa shape index (κ1) is 12.7. The lowest BCUT2D eigenvalue weighted by molar-refractivity contribution is 0.0674. The van der Waals surface area contributed by atoms with Gasteiger partial charge in [-0.15, -0.1) is 0 Å². The third-order valence-electron chi connectivity index (χ3n) is 3.33. The maximum Gasteiger partial charge on any atom is 0.128 e. The predicted molar refractivity (Wildman–Crippen MR) is 70.9 cm³/mol. The molecule has 94 valence electrons. The van der Waals surface area contributed by atoms with E-state index in [1.807, 2.05) is 31.8 Å². The van der Waals surface area contributed by atoms with Crippen LogP contribution in [0, 0.1) is 13.8 Å². The summed E-state index contributed by atoms with van der Waals surface area (Å²) in [6, 6.07) is 0. The van der Waals surface area contributed by atoms with E-state index < -0.39 is 5.60 Å². The van der Waals surface area contributed by atoms with Crippen molar-refractivity contribution in [3.63, 3.8) is 0 Å². The van der Waals surface area contributed by atoms with Gasteiger partial charge in [0.15, 0.2) is 0 Å². The number of aromatic nitrogens is 1. The second-order valence-corrected chi connectivity index (χ2v) is 5.86. The van der Waals surface area contributed by atoms with E-state index in [4.69, 9.17) is 4.74 Å². The van der Waals surface area contributed by atoms with Gasteiger partial charge in [0, 0.05) is 35.2 Å². The first-order valence-electron chi connectivity index (χ1n) is 5.85. The topological polar surface area (TPSA) is 42.4 Å². The normalized spacial score (nSPS) is 24.0. The Bertz CT molecular complexity index is 414. The van der Waals surface area contributed by atoms with Gasteiger partial charge >= 0.3 is 0 Å². The molecule has 1 unspecified atom stereocenters. The van der Waals surface area contributed by atoms with Crippen molar-refractivity contribution < 1.29 is 9.84 Å². The monoisotopic (exact) mass is 253 g/mol. The van der Waals surface area contributed by atoms with Gasteiger partial charge in [0.1, 0.15) is 5.75 Å². The molecule has 1 aromatic heterocycles. The number of hydrogen-bond donors (Lipinski definition) is 1. The van der Waals surface area contributed by atoms with E-state index >= 15 is 0 Å². The van der Waals surface area contributed by atoms with Crippen LogP contribution in [0.25, 0.3) is 0 Å².